The Labute approximate surface area is 164 Å². The molecule has 5 nitrogen and oxygen atoms in total. The van der Waals surface area contributed by atoms with Crippen molar-refractivity contribution in [3.8, 4) is 0 Å². The maximum atomic E-state index is 13.1. The molecule has 1 atom stereocenters. The maximum absolute atomic E-state index is 13.1. The lowest BCUT2D eigenvalue weighted by atomic mass is 10.1. The number of carbonyl (C=O) groups is 1. The van der Waals surface area contributed by atoms with Crippen LogP contribution in [-0.4, -0.2) is 30.8 Å². The zero-order valence-electron chi connectivity index (χ0n) is 15.4. The van der Waals surface area contributed by atoms with Crippen molar-refractivity contribution in [2.75, 3.05) is 6.54 Å². The molecule has 1 aromatic heterocycles. The number of nitrogens with zero attached hydrogens (tertiary/aromatic N) is 1. The van der Waals surface area contributed by atoms with Crippen LogP contribution in [0.2, 0.25) is 0 Å². The van der Waals surface area contributed by atoms with Crippen molar-refractivity contribution in [2.24, 2.45) is 0 Å². The van der Waals surface area contributed by atoms with E-state index in [1.807, 2.05) is 23.2 Å². The predicted octanol–water partition coefficient (Wildman–Crippen LogP) is 3.97. The number of likely N-dealkylation sites (tertiary alicyclic amines) is 1. The van der Waals surface area contributed by atoms with Crippen LogP contribution in [0, 0.1) is 0 Å². The number of hydrogen-bond acceptors (Lipinski definition) is 3. The van der Waals surface area contributed by atoms with Crippen LogP contribution in [0.25, 0.3) is 0 Å². The van der Waals surface area contributed by atoms with Crippen molar-refractivity contribution >= 4 is 15.7 Å². The lowest BCUT2D eigenvalue weighted by Crippen LogP contribution is -2.30. The summed E-state index contributed by atoms with van der Waals surface area (Å²) in [5.41, 5.74) is 2.18. The quantitative estimate of drug-likeness (QED) is 0.712. The monoisotopic (exact) mass is 394 g/mol. The summed E-state index contributed by atoms with van der Waals surface area (Å²) in [7, 11) is -3.45. The molecule has 4 rings (SSSR count). The average molecular weight is 394 g/mol. The second-order valence-corrected chi connectivity index (χ2v) is 9.04. The van der Waals surface area contributed by atoms with Crippen LogP contribution in [0.1, 0.15) is 40.5 Å². The molecule has 1 aliphatic rings. The summed E-state index contributed by atoms with van der Waals surface area (Å²) >= 11 is 0. The fourth-order valence-corrected chi connectivity index (χ4v) is 5.13. The Morgan fingerprint density at radius 2 is 1.86 bits per heavy atom. The van der Waals surface area contributed by atoms with E-state index in [1.54, 1.807) is 54.6 Å². The van der Waals surface area contributed by atoms with Crippen LogP contribution in [0.3, 0.4) is 0 Å². The number of amides is 1. The summed E-state index contributed by atoms with van der Waals surface area (Å²) in [6, 6.07) is 19.3. The van der Waals surface area contributed by atoms with Crippen molar-refractivity contribution in [3.05, 3.63) is 89.7 Å². The molecule has 0 unspecified atom stereocenters. The fourth-order valence-electron chi connectivity index (χ4n) is 3.78. The summed E-state index contributed by atoms with van der Waals surface area (Å²) in [6.07, 6.45) is 3.75. The lowest BCUT2D eigenvalue weighted by Gasteiger charge is -2.24. The summed E-state index contributed by atoms with van der Waals surface area (Å²) in [5.74, 6) is -0.186. The van der Waals surface area contributed by atoms with Gasteiger partial charge in [-0.15, -0.1) is 0 Å². The number of benzene rings is 2. The highest BCUT2D eigenvalue weighted by Crippen LogP contribution is 2.32. The minimum absolute atomic E-state index is 0.0409. The van der Waals surface area contributed by atoms with Crippen LogP contribution in [0.15, 0.2) is 77.8 Å². The maximum Gasteiger partial charge on any atom is 0.254 e. The number of aromatic nitrogens is 1. The first-order valence-electron chi connectivity index (χ1n) is 9.35. The van der Waals surface area contributed by atoms with Crippen LogP contribution >= 0.6 is 0 Å². The Hall–Kier alpha value is -2.86. The molecule has 0 radical (unpaired) electrons. The molecule has 6 heteroatoms. The van der Waals surface area contributed by atoms with E-state index in [2.05, 4.69) is 4.98 Å². The summed E-state index contributed by atoms with van der Waals surface area (Å²) in [6.45, 7) is 0.703. The third-order valence-electron chi connectivity index (χ3n) is 5.13. The number of carbonyl (C=O) groups excluding carboxylic acids is 1. The molecule has 3 aromatic rings. The van der Waals surface area contributed by atoms with Crippen LogP contribution in [-0.2, 0) is 15.6 Å². The molecule has 144 valence electrons. The molecule has 0 aliphatic carbocycles. The van der Waals surface area contributed by atoms with Gasteiger partial charge < -0.3 is 9.88 Å². The van der Waals surface area contributed by atoms with Gasteiger partial charge in [0, 0.05) is 24.0 Å². The van der Waals surface area contributed by atoms with Gasteiger partial charge in [0.05, 0.1) is 16.7 Å². The largest absolute Gasteiger partial charge is 0.363 e. The van der Waals surface area contributed by atoms with Gasteiger partial charge in [0.1, 0.15) is 0 Å². The SMILES string of the molecule is O=C(c1cccc(CS(=O)(=O)c2ccccc2)c1)N1CCC[C@H]1c1ccc[nH]1. The van der Waals surface area contributed by atoms with Crippen molar-refractivity contribution in [3.63, 3.8) is 0 Å². The Morgan fingerprint density at radius 3 is 2.61 bits per heavy atom. The number of sulfone groups is 1. The van der Waals surface area contributed by atoms with Gasteiger partial charge in [-0.3, -0.25) is 4.79 Å². The predicted molar refractivity (Wildman–Crippen MR) is 108 cm³/mol. The van der Waals surface area contributed by atoms with Gasteiger partial charge in [0.2, 0.25) is 0 Å². The van der Waals surface area contributed by atoms with Crippen molar-refractivity contribution in [1.82, 2.24) is 9.88 Å². The van der Waals surface area contributed by atoms with E-state index in [0.717, 1.165) is 18.5 Å². The first kappa shape index (κ1) is 18.5. The highest BCUT2D eigenvalue weighted by atomic mass is 32.2. The molecular formula is C22H22N2O3S. The van der Waals surface area contributed by atoms with Crippen LogP contribution < -0.4 is 0 Å². The molecule has 1 aliphatic heterocycles. The lowest BCUT2D eigenvalue weighted by molar-refractivity contribution is 0.0733. The molecule has 2 heterocycles. The first-order valence-corrected chi connectivity index (χ1v) is 11.0. The molecular weight excluding hydrogens is 372 g/mol. The third-order valence-corrected chi connectivity index (χ3v) is 6.83. The second-order valence-electron chi connectivity index (χ2n) is 7.05. The zero-order chi connectivity index (χ0) is 19.6. The number of rotatable bonds is 5. The average Bonchev–Trinajstić information content (AvgIpc) is 3.39. The van der Waals surface area contributed by atoms with Gasteiger partial charge >= 0.3 is 0 Å². The van der Waals surface area contributed by atoms with E-state index in [4.69, 9.17) is 0 Å². The smallest absolute Gasteiger partial charge is 0.254 e. The van der Waals surface area contributed by atoms with Gasteiger partial charge in [0.15, 0.2) is 9.84 Å². The zero-order valence-corrected chi connectivity index (χ0v) is 16.2. The van der Waals surface area contributed by atoms with Crippen molar-refractivity contribution in [1.29, 1.82) is 0 Å². The highest BCUT2D eigenvalue weighted by molar-refractivity contribution is 7.90. The molecule has 0 spiro atoms. The summed E-state index contributed by atoms with van der Waals surface area (Å²) < 4.78 is 25.3. The van der Waals surface area contributed by atoms with E-state index in [0.29, 0.717) is 17.7 Å². The van der Waals surface area contributed by atoms with E-state index < -0.39 is 9.84 Å². The molecule has 1 saturated heterocycles. The van der Waals surface area contributed by atoms with Gasteiger partial charge in [-0.2, -0.15) is 0 Å². The second kappa shape index (κ2) is 7.64. The summed E-state index contributed by atoms with van der Waals surface area (Å²) in [4.78, 5) is 18.5. The molecule has 0 saturated carbocycles. The first-order chi connectivity index (χ1) is 13.5. The Bertz CT molecular complexity index is 1060. The normalized spacial score (nSPS) is 17.0. The molecule has 0 bridgehead atoms. The number of H-pyrrole nitrogens is 1. The van der Waals surface area contributed by atoms with Gasteiger partial charge in [0.25, 0.3) is 5.91 Å². The number of nitrogens with one attached hydrogen (secondary N) is 1. The van der Waals surface area contributed by atoms with E-state index >= 15 is 0 Å². The standard InChI is InChI=1S/C22H22N2O3S/c25-22(24-14-6-12-21(24)20-11-5-13-23-20)18-8-4-7-17(15-18)16-28(26,27)19-9-2-1-3-10-19/h1-5,7-11,13,15,21,23H,6,12,14,16H2/t21-/m0/s1. The molecule has 28 heavy (non-hydrogen) atoms. The number of aromatic amines is 1. The topological polar surface area (TPSA) is 70.2 Å². The van der Waals surface area contributed by atoms with Crippen molar-refractivity contribution in [2.45, 2.75) is 29.5 Å². The van der Waals surface area contributed by atoms with Gasteiger partial charge in [-0.05, 0) is 54.8 Å². The Morgan fingerprint density at radius 1 is 1.04 bits per heavy atom. The summed E-state index contributed by atoms with van der Waals surface area (Å²) in [5, 5.41) is 0. The van der Waals surface area contributed by atoms with Gasteiger partial charge in [-0.1, -0.05) is 30.3 Å². The molecule has 1 amide bonds. The number of hydrogen-bond donors (Lipinski definition) is 1. The fraction of sp³-hybridized carbons (Fsp3) is 0.227. The third kappa shape index (κ3) is 3.73. The van der Waals surface area contributed by atoms with E-state index in [9.17, 15) is 13.2 Å². The van der Waals surface area contributed by atoms with Crippen molar-refractivity contribution < 1.29 is 13.2 Å². The van der Waals surface area contributed by atoms with E-state index in [1.165, 1.54) is 0 Å². The molecule has 1 fully saturated rings. The van der Waals surface area contributed by atoms with Crippen LogP contribution in [0.5, 0.6) is 0 Å². The minimum atomic E-state index is -3.45. The molecule has 1 N–H and O–H groups in total. The van der Waals surface area contributed by atoms with Crippen LogP contribution in [0.4, 0.5) is 0 Å². The highest BCUT2D eigenvalue weighted by Gasteiger charge is 2.31. The van der Waals surface area contributed by atoms with Gasteiger partial charge in [-0.25, -0.2) is 8.42 Å². The Balaban J connectivity index is 1.56. The minimum Gasteiger partial charge on any atom is -0.363 e. The van der Waals surface area contributed by atoms with E-state index in [-0.39, 0.29) is 22.6 Å². The molecule has 2 aromatic carbocycles. The Kier molecular flexibility index (Phi) is 5.05.